The van der Waals surface area contributed by atoms with Crippen molar-refractivity contribution < 1.29 is 28.8 Å². The molecule has 2 bridgehead atoms. The second-order valence-corrected chi connectivity index (χ2v) is 10.0. The average molecular weight is 558 g/mol. The molecule has 0 saturated carbocycles. The Labute approximate surface area is 233 Å². The molecular weight excluding hydrogens is 518 g/mol. The number of Topliss-reactive ketones (excluding diaryl/α,β-unsaturated/α-hetero) is 1. The number of nitrogens with two attached hydrogens (primary N) is 1. The summed E-state index contributed by atoms with van der Waals surface area (Å²) in [4.78, 5) is 82.3. The van der Waals surface area contributed by atoms with Crippen LogP contribution in [-0.2, 0) is 30.5 Å². The first-order chi connectivity index (χ1) is 18.9. The van der Waals surface area contributed by atoms with Crippen molar-refractivity contribution in [3.63, 3.8) is 0 Å². The number of aliphatic imine (C=N–C) groups is 1. The highest BCUT2D eigenvalue weighted by Crippen LogP contribution is 2.14. The number of fused-ring (bicyclic) bond motifs is 2. The highest BCUT2D eigenvalue weighted by molar-refractivity contribution is 5.99. The summed E-state index contributed by atoms with van der Waals surface area (Å²) in [6.07, 6.45) is 1.54. The quantitative estimate of drug-likeness (QED) is 0.165. The molecule has 6 N–H and O–H groups in total. The van der Waals surface area contributed by atoms with Crippen LogP contribution in [0, 0.1) is 5.92 Å². The summed E-state index contributed by atoms with van der Waals surface area (Å²) in [5.41, 5.74) is 6.17. The van der Waals surface area contributed by atoms with Gasteiger partial charge >= 0.3 is 0 Å². The van der Waals surface area contributed by atoms with E-state index in [9.17, 15) is 28.8 Å². The molecule has 0 aromatic heterocycles. The molecule has 1 aliphatic heterocycles. The van der Waals surface area contributed by atoms with Gasteiger partial charge in [-0.25, -0.2) is 0 Å². The van der Waals surface area contributed by atoms with Gasteiger partial charge in [0.05, 0.1) is 12.9 Å². The molecule has 0 aliphatic carbocycles. The number of amides is 5. The average Bonchev–Trinajstić information content (AvgIpc) is 2.91. The van der Waals surface area contributed by atoms with Crippen LogP contribution in [0.25, 0.3) is 0 Å². The van der Waals surface area contributed by atoms with Crippen molar-refractivity contribution in [3.05, 3.63) is 35.4 Å². The van der Waals surface area contributed by atoms with Gasteiger partial charge in [-0.3, -0.25) is 33.8 Å². The first-order valence-corrected chi connectivity index (χ1v) is 13.1. The van der Waals surface area contributed by atoms with Crippen molar-refractivity contribution in [1.82, 2.24) is 26.2 Å². The summed E-state index contributed by atoms with van der Waals surface area (Å²) in [6.45, 7) is 4.73. The zero-order valence-corrected chi connectivity index (χ0v) is 23.4. The second kappa shape index (κ2) is 15.3. The molecule has 0 fully saturated rings. The predicted molar refractivity (Wildman–Crippen MR) is 148 cm³/mol. The highest BCUT2D eigenvalue weighted by Gasteiger charge is 2.34. The van der Waals surface area contributed by atoms with Gasteiger partial charge in [0, 0.05) is 32.1 Å². The number of hydrogen-bond donors (Lipinski definition) is 5. The fourth-order valence-electron chi connectivity index (χ4n) is 4.22. The Kier molecular flexibility index (Phi) is 12.2. The van der Waals surface area contributed by atoms with Gasteiger partial charge < -0.3 is 31.9 Å². The number of hydrogen-bond acceptors (Lipinski definition) is 7. The third kappa shape index (κ3) is 9.47. The molecule has 40 heavy (non-hydrogen) atoms. The Balaban J connectivity index is 2.45. The summed E-state index contributed by atoms with van der Waals surface area (Å²) in [5, 5.41) is 10.4. The largest absolute Gasteiger partial charge is 0.390 e. The van der Waals surface area contributed by atoms with Gasteiger partial charge in [-0.1, -0.05) is 26.0 Å². The molecule has 0 saturated heterocycles. The number of carbonyl (C=O) groups is 6. The SMILES string of the molecule is CC(=O)C[C@@H]1NC(=O)CNC(=O)[C@H](CCCN=CN)N(C)C(=O)C(C(C)C)NC(=O)c2cccc(c2)CNC1=O. The van der Waals surface area contributed by atoms with E-state index in [1.807, 2.05) is 0 Å². The molecule has 1 aliphatic rings. The van der Waals surface area contributed by atoms with Crippen LogP contribution in [0.5, 0.6) is 0 Å². The topological polar surface area (TPSA) is 192 Å². The van der Waals surface area contributed by atoms with E-state index in [-0.39, 0.29) is 36.7 Å². The van der Waals surface area contributed by atoms with E-state index in [1.165, 1.54) is 18.9 Å². The van der Waals surface area contributed by atoms with Crippen molar-refractivity contribution in [2.75, 3.05) is 20.1 Å². The Morgan fingerprint density at radius 3 is 2.45 bits per heavy atom. The lowest BCUT2D eigenvalue weighted by molar-refractivity contribution is -0.141. The van der Waals surface area contributed by atoms with Crippen LogP contribution in [0.15, 0.2) is 29.3 Å². The smallest absolute Gasteiger partial charge is 0.251 e. The van der Waals surface area contributed by atoms with Crippen molar-refractivity contribution in [1.29, 1.82) is 0 Å². The van der Waals surface area contributed by atoms with Crippen molar-refractivity contribution in [2.24, 2.45) is 16.6 Å². The summed E-state index contributed by atoms with van der Waals surface area (Å²) < 4.78 is 0. The summed E-state index contributed by atoms with van der Waals surface area (Å²) >= 11 is 0. The minimum Gasteiger partial charge on any atom is -0.390 e. The van der Waals surface area contributed by atoms with Crippen LogP contribution < -0.4 is 27.0 Å². The van der Waals surface area contributed by atoms with Crippen LogP contribution in [0.1, 0.15) is 56.0 Å². The predicted octanol–water partition coefficient (Wildman–Crippen LogP) is -0.755. The lowest BCUT2D eigenvalue weighted by atomic mass is 10.00. The molecule has 1 unspecified atom stereocenters. The van der Waals surface area contributed by atoms with Crippen LogP contribution >= 0.6 is 0 Å². The van der Waals surface area contributed by atoms with Gasteiger partial charge in [0.25, 0.3) is 5.91 Å². The van der Waals surface area contributed by atoms with Crippen LogP contribution in [0.3, 0.4) is 0 Å². The van der Waals surface area contributed by atoms with Gasteiger partial charge in [0.15, 0.2) is 0 Å². The molecule has 218 valence electrons. The number of ketones is 1. The third-order valence-corrected chi connectivity index (χ3v) is 6.43. The van der Waals surface area contributed by atoms with Crippen molar-refractivity contribution in [3.8, 4) is 0 Å². The molecule has 0 spiro atoms. The highest BCUT2D eigenvalue weighted by atomic mass is 16.2. The van der Waals surface area contributed by atoms with E-state index in [0.29, 0.717) is 18.5 Å². The Hall–Kier alpha value is -4.29. The first kappa shape index (κ1) is 31.9. The maximum absolute atomic E-state index is 13.6. The summed E-state index contributed by atoms with van der Waals surface area (Å²) in [7, 11) is 1.46. The second-order valence-electron chi connectivity index (χ2n) is 10.0. The number of nitrogens with zero attached hydrogens (tertiary/aromatic N) is 2. The zero-order valence-electron chi connectivity index (χ0n) is 23.4. The fraction of sp³-hybridized carbons (Fsp3) is 0.519. The minimum atomic E-state index is -1.16. The van der Waals surface area contributed by atoms with Crippen LogP contribution in [0.2, 0.25) is 0 Å². The van der Waals surface area contributed by atoms with Crippen LogP contribution in [-0.4, -0.2) is 84.8 Å². The fourth-order valence-corrected chi connectivity index (χ4v) is 4.22. The van der Waals surface area contributed by atoms with Gasteiger partial charge in [0.2, 0.25) is 23.6 Å². The molecule has 0 radical (unpaired) electrons. The maximum atomic E-state index is 13.6. The molecule has 1 aromatic carbocycles. The lowest BCUT2D eigenvalue weighted by Crippen LogP contribution is -2.57. The monoisotopic (exact) mass is 557 g/mol. The summed E-state index contributed by atoms with van der Waals surface area (Å²) in [6, 6.07) is 3.44. The lowest BCUT2D eigenvalue weighted by Gasteiger charge is -2.32. The van der Waals surface area contributed by atoms with Crippen molar-refractivity contribution in [2.45, 2.75) is 64.7 Å². The molecule has 5 amide bonds. The summed E-state index contributed by atoms with van der Waals surface area (Å²) in [5.74, 6) is -3.44. The number of benzene rings is 1. The zero-order chi connectivity index (χ0) is 29.8. The molecule has 13 nitrogen and oxygen atoms in total. The van der Waals surface area contributed by atoms with E-state index in [0.717, 1.165) is 6.34 Å². The normalized spacial score (nSPS) is 21.8. The standard InChI is InChI=1S/C27H39N7O6/c1-16(2)23-27(40)34(4)21(9-6-10-29-15-28)26(39)31-14-22(36)32-20(11-17(3)35)25(38)30-13-18-7-5-8-19(12-18)24(37)33-23/h5,7-8,12,15-16,20-21,23H,6,9-11,13-14H2,1-4H3,(H2,28,29)(H,30,38)(H,31,39)(H,32,36)(H,33,37)/t20-,21-,23?/m0/s1. The number of rotatable bonds is 7. The molecular formula is C27H39N7O6. The van der Waals surface area contributed by atoms with E-state index in [1.54, 1.807) is 38.1 Å². The number of likely N-dealkylation sites (N-methyl/N-ethyl adjacent to an activating group) is 1. The molecule has 1 heterocycles. The Morgan fingerprint density at radius 1 is 1.10 bits per heavy atom. The molecule has 2 rings (SSSR count). The Morgan fingerprint density at radius 2 is 1.80 bits per heavy atom. The van der Waals surface area contributed by atoms with E-state index in [4.69, 9.17) is 5.73 Å². The van der Waals surface area contributed by atoms with E-state index in [2.05, 4.69) is 26.3 Å². The van der Waals surface area contributed by atoms with Crippen molar-refractivity contribution >= 4 is 41.7 Å². The minimum absolute atomic E-state index is 0.0339. The maximum Gasteiger partial charge on any atom is 0.251 e. The van der Waals surface area contributed by atoms with Gasteiger partial charge in [-0.2, -0.15) is 0 Å². The Bertz CT molecular complexity index is 1140. The third-order valence-electron chi connectivity index (χ3n) is 6.43. The molecule has 13 heteroatoms. The number of nitrogens with one attached hydrogen (secondary N) is 4. The first-order valence-electron chi connectivity index (χ1n) is 13.1. The molecule has 3 atom stereocenters. The van der Waals surface area contributed by atoms with Gasteiger partial charge in [-0.05, 0) is 43.4 Å². The van der Waals surface area contributed by atoms with Gasteiger partial charge in [-0.15, -0.1) is 0 Å². The van der Waals surface area contributed by atoms with E-state index >= 15 is 0 Å². The van der Waals surface area contributed by atoms with E-state index < -0.39 is 54.2 Å². The van der Waals surface area contributed by atoms with Gasteiger partial charge in [0.1, 0.15) is 23.9 Å². The number of carbonyl (C=O) groups excluding carboxylic acids is 6. The molecule has 1 aromatic rings. The van der Waals surface area contributed by atoms with Crippen LogP contribution in [0.4, 0.5) is 0 Å².